The van der Waals surface area contributed by atoms with E-state index in [1.165, 1.54) is 12.1 Å². The molecular weight excluding hydrogens is 179 g/mol. The highest BCUT2D eigenvalue weighted by atomic mass is 19.1. The van der Waals surface area contributed by atoms with Gasteiger partial charge in [0.2, 0.25) is 0 Å². The summed E-state index contributed by atoms with van der Waals surface area (Å²) in [5, 5.41) is 3.18. The number of rotatable bonds is 4. The SMILES string of the molecule is CC(C)CCNc1ccc(F)cc1N. The number of nitrogens with two attached hydrogens (primary N) is 1. The summed E-state index contributed by atoms with van der Waals surface area (Å²) >= 11 is 0. The van der Waals surface area contributed by atoms with Gasteiger partial charge in [-0.3, -0.25) is 0 Å². The second-order valence-corrected chi connectivity index (χ2v) is 3.84. The van der Waals surface area contributed by atoms with Crippen molar-refractivity contribution in [2.75, 3.05) is 17.6 Å². The standard InChI is InChI=1S/C11H17FN2/c1-8(2)5-6-14-11-4-3-9(12)7-10(11)13/h3-4,7-8,14H,5-6,13H2,1-2H3. The largest absolute Gasteiger partial charge is 0.397 e. The number of nitrogens with one attached hydrogen (secondary N) is 1. The molecule has 0 amide bonds. The third-order valence-corrected chi connectivity index (χ3v) is 2.05. The zero-order chi connectivity index (χ0) is 10.6. The van der Waals surface area contributed by atoms with Crippen LogP contribution in [0.2, 0.25) is 0 Å². The second-order valence-electron chi connectivity index (χ2n) is 3.84. The van der Waals surface area contributed by atoms with Crippen molar-refractivity contribution in [3.63, 3.8) is 0 Å². The predicted molar refractivity (Wildman–Crippen MR) is 58.8 cm³/mol. The molecule has 0 bridgehead atoms. The molecule has 0 aliphatic heterocycles. The fourth-order valence-corrected chi connectivity index (χ4v) is 1.19. The van der Waals surface area contributed by atoms with Gasteiger partial charge in [0.05, 0.1) is 11.4 Å². The molecule has 0 aromatic heterocycles. The minimum atomic E-state index is -0.295. The van der Waals surface area contributed by atoms with E-state index in [1.807, 2.05) is 0 Å². The number of halogens is 1. The van der Waals surface area contributed by atoms with Gasteiger partial charge in [0.1, 0.15) is 5.82 Å². The van der Waals surface area contributed by atoms with Crippen LogP contribution in [0.15, 0.2) is 18.2 Å². The van der Waals surface area contributed by atoms with Crippen molar-refractivity contribution in [3.8, 4) is 0 Å². The fraction of sp³-hybridized carbons (Fsp3) is 0.455. The Morgan fingerprint density at radius 2 is 2.14 bits per heavy atom. The Bertz CT molecular complexity index is 297. The van der Waals surface area contributed by atoms with E-state index >= 15 is 0 Å². The lowest BCUT2D eigenvalue weighted by molar-refractivity contribution is 0.607. The van der Waals surface area contributed by atoms with E-state index in [2.05, 4.69) is 19.2 Å². The minimum absolute atomic E-state index is 0.295. The van der Waals surface area contributed by atoms with E-state index in [4.69, 9.17) is 5.73 Å². The zero-order valence-corrected chi connectivity index (χ0v) is 8.68. The summed E-state index contributed by atoms with van der Waals surface area (Å²) in [7, 11) is 0. The van der Waals surface area contributed by atoms with Gasteiger partial charge < -0.3 is 11.1 Å². The number of anilines is 2. The van der Waals surface area contributed by atoms with Gasteiger partial charge in [-0.2, -0.15) is 0 Å². The van der Waals surface area contributed by atoms with E-state index in [0.29, 0.717) is 11.6 Å². The molecule has 78 valence electrons. The van der Waals surface area contributed by atoms with Crippen molar-refractivity contribution in [3.05, 3.63) is 24.0 Å². The summed E-state index contributed by atoms with van der Waals surface area (Å²) in [6.45, 7) is 5.19. The number of benzene rings is 1. The lowest BCUT2D eigenvalue weighted by Gasteiger charge is -2.10. The van der Waals surface area contributed by atoms with Crippen molar-refractivity contribution in [2.24, 2.45) is 5.92 Å². The minimum Gasteiger partial charge on any atom is -0.397 e. The topological polar surface area (TPSA) is 38.0 Å². The first-order valence-corrected chi connectivity index (χ1v) is 4.88. The van der Waals surface area contributed by atoms with Crippen molar-refractivity contribution in [2.45, 2.75) is 20.3 Å². The van der Waals surface area contributed by atoms with Crippen LogP contribution in [-0.2, 0) is 0 Å². The van der Waals surface area contributed by atoms with Crippen LogP contribution in [0.25, 0.3) is 0 Å². The van der Waals surface area contributed by atoms with Crippen molar-refractivity contribution in [1.29, 1.82) is 0 Å². The van der Waals surface area contributed by atoms with Gasteiger partial charge in [-0.1, -0.05) is 13.8 Å². The molecular formula is C11H17FN2. The van der Waals surface area contributed by atoms with Crippen LogP contribution >= 0.6 is 0 Å². The lowest BCUT2D eigenvalue weighted by atomic mass is 10.1. The van der Waals surface area contributed by atoms with Crippen LogP contribution in [0.3, 0.4) is 0 Å². The van der Waals surface area contributed by atoms with Gasteiger partial charge in [0, 0.05) is 6.54 Å². The molecule has 14 heavy (non-hydrogen) atoms. The highest BCUT2D eigenvalue weighted by Gasteiger charge is 2.00. The number of hydrogen-bond donors (Lipinski definition) is 2. The smallest absolute Gasteiger partial charge is 0.125 e. The third kappa shape index (κ3) is 3.24. The summed E-state index contributed by atoms with van der Waals surface area (Å²) in [4.78, 5) is 0. The molecule has 0 atom stereocenters. The summed E-state index contributed by atoms with van der Waals surface area (Å²) in [5.41, 5.74) is 6.91. The Hall–Kier alpha value is -1.25. The zero-order valence-electron chi connectivity index (χ0n) is 8.68. The Morgan fingerprint density at radius 1 is 1.43 bits per heavy atom. The van der Waals surface area contributed by atoms with E-state index in [1.54, 1.807) is 6.07 Å². The molecule has 0 aliphatic carbocycles. The highest BCUT2D eigenvalue weighted by Crippen LogP contribution is 2.19. The molecule has 1 aromatic carbocycles. The molecule has 0 heterocycles. The lowest BCUT2D eigenvalue weighted by Crippen LogP contribution is -2.06. The Kier molecular flexibility index (Phi) is 3.74. The molecule has 1 aromatic rings. The molecule has 2 nitrogen and oxygen atoms in total. The number of hydrogen-bond acceptors (Lipinski definition) is 2. The quantitative estimate of drug-likeness (QED) is 0.727. The van der Waals surface area contributed by atoms with Gasteiger partial charge in [-0.15, -0.1) is 0 Å². The fourth-order valence-electron chi connectivity index (χ4n) is 1.19. The van der Waals surface area contributed by atoms with Gasteiger partial charge in [-0.05, 0) is 30.5 Å². The first-order chi connectivity index (χ1) is 6.59. The normalized spacial score (nSPS) is 10.6. The Morgan fingerprint density at radius 3 is 2.71 bits per heavy atom. The summed E-state index contributed by atoms with van der Waals surface area (Å²) in [6, 6.07) is 4.41. The Balaban J connectivity index is 2.51. The molecule has 1 rings (SSSR count). The van der Waals surface area contributed by atoms with Crippen molar-refractivity contribution < 1.29 is 4.39 Å². The van der Waals surface area contributed by atoms with E-state index in [0.717, 1.165) is 18.7 Å². The molecule has 0 radical (unpaired) electrons. The van der Waals surface area contributed by atoms with Crippen LogP contribution < -0.4 is 11.1 Å². The van der Waals surface area contributed by atoms with Gasteiger partial charge in [0.15, 0.2) is 0 Å². The maximum atomic E-state index is 12.7. The van der Waals surface area contributed by atoms with Gasteiger partial charge in [0.25, 0.3) is 0 Å². The van der Waals surface area contributed by atoms with Crippen molar-refractivity contribution >= 4 is 11.4 Å². The molecule has 3 N–H and O–H groups in total. The monoisotopic (exact) mass is 196 g/mol. The molecule has 3 heteroatoms. The first kappa shape index (κ1) is 10.8. The van der Waals surface area contributed by atoms with Gasteiger partial charge >= 0.3 is 0 Å². The third-order valence-electron chi connectivity index (χ3n) is 2.05. The molecule has 0 aliphatic rings. The predicted octanol–water partition coefficient (Wildman–Crippen LogP) is 2.87. The van der Waals surface area contributed by atoms with E-state index < -0.39 is 0 Å². The Labute approximate surface area is 84.3 Å². The van der Waals surface area contributed by atoms with Crippen LogP contribution in [0.1, 0.15) is 20.3 Å². The maximum Gasteiger partial charge on any atom is 0.125 e. The summed E-state index contributed by atoms with van der Waals surface area (Å²) in [6.07, 6.45) is 1.08. The average Bonchev–Trinajstić information content (AvgIpc) is 2.08. The van der Waals surface area contributed by atoms with E-state index in [-0.39, 0.29) is 5.82 Å². The first-order valence-electron chi connectivity index (χ1n) is 4.88. The average molecular weight is 196 g/mol. The molecule has 0 saturated carbocycles. The van der Waals surface area contributed by atoms with Crippen LogP contribution in [0.4, 0.5) is 15.8 Å². The molecule has 0 fully saturated rings. The second kappa shape index (κ2) is 4.84. The maximum absolute atomic E-state index is 12.7. The van der Waals surface area contributed by atoms with Gasteiger partial charge in [-0.25, -0.2) is 4.39 Å². The van der Waals surface area contributed by atoms with Crippen LogP contribution in [-0.4, -0.2) is 6.54 Å². The number of nitrogen functional groups attached to an aromatic ring is 1. The van der Waals surface area contributed by atoms with Crippen LogP contribution in [0, 0.1) is 11.7 Å². The highest BCUT2D eigenvalue weighted by molar-refractivity contribution is 5.65. The summed E-state index contributed by atoms with van der Waals surface area (Å²) in [5.74, 6) is 0.362. The molecule has 0 spiro atoms. The summed E-state index contributed by atoms with van der Waals surface area (Å²) < 4.78 is 12.7. The molecule has 0 saturated heterocycles. The van der Waals surface area contributed by atoms with Crippen molar-refractivity contribution in [1.82, 2.24) is 0 Å². The van der Waals surface area contributed by atoms with E-state index in [9.17, 15) is 4.39 Å². The van der Waals surface area contributed by atoms with Crippen LogP contribution in [0.5, 0.6) is 0 Å². The molecule has 0 unspecified atom stereocenters.